The maximum absolute atomic E-state index is 11.9. The number of hydrogen-bond donors (Lipinski definition) is 2. The lowest BCUT2D eigenvalue weighted by Crippen LogP contribution is -2.30. The van der Waals surface area contributed by atoms with Gasteiger partial charge in [-0.1, -0.05) is 42.5 Å². The molecule has 0 bridgehead atoms. The van der Waals surface area contributed by atoms with Crippen molar-refractivity contribution in [3.05, 3.63) is 70.3 Å². The summed E-state index contributed by atoms with van der Waals surface area (Å²) in [4.78, 5) is 26.9. The van der Waals surface area contributed by atoms with E-state index in [9.17, 15) is 14.9 Å². The molecule has 1 aliphatic rings. The minimum atomic E-state index is -0.538. The summed E-state index contributed by atoms with van der Waals surface area (Å²) in [7, 11) is 0. The third-order valence-electron chi connectivity index (χ3n) is 4.06. The van der Waals surface area contributed by atoms with Crippen molar-refractivity contribution in [2.24, 2.45) is 4.99 Å². The van der Waals surface area contributed by atoms with Crippen molar-refractivity contribution < 1.29 is 14.5 Å². The van der Waals surface area contributed by atoms with Crippen LogP contribution >= 0.6 is 0 Å². The van der Waals surface area contributed by atoms with Gasteiger partial charge in [-0.05, 0) is 18.1 Å². The van der Waals surface area contributed by atoms with Gasteiger partial charge in [-0.15, -0.1) is 0 Å². The van der Waals surface area contributed by atoms with Crippen LogP contribution in [-0.4, -0.2) is 36.0 Å². The molecule has 27 heavy (non-hydrogen) atoms. The molecule has 2 N–H and O–H groups in total. The van der Waals surface area contributed by atoms with Gasteiger partial charge in [0.05, 0.1) is 11.0 Å². The zero-order valence-electron chi connectivity index (χ0n) is 14.6. The molecule has 8 nitrogen and oxygen atoms in total. The van der Waals surface area contributed by atoms with E-state index in [0.717, 1.165) is 6.42 Å². The summed E-state index contributed by atoms with van der Waals surface area (Å²) in [5, 5.41) is 16.1. The molecule has 2 amide bonds. The van der Waals surface area contributed by atoms with Crippen molar-refractivity contribution in [3.63, 3.8) is 0 Å². The van der Waals surface area contributed by atoms with Crippen LogP contribution in [0.1, 0.15) is 12.0 Å². The molecular weight excluding hydrogens is 348 g/mol. The van der Waals surface area contributed by atoms with E-state index in [1.54, 1.807) is 12.1 Å². The summed E-state index contributed by atoms with van der Waals surface area (Å²) in [5.74, 6) is 0.613. The normalized spacial score (nSPS) is 15.6. The summed E-state index contributed by atoms with van der Waals surface area (Å²) in [6, 6.07) is 15.6. The first kappa shape index (κ1) is 18.4. The Morgan fingerprint density at radius 1 is 1.19 bits per heavy atom. The van der Waals surface area contributed by atoms with Gasteiger partial charge in [0.15, 0.2) is 5.90 Å². The number of nitro benzene ring substituents is 1. The molecule has 0 aromatic heterocycles. The molecule has 3 rings (SSSR count). The van der Waals surface area contributed by atoms with E-state index in [-0.39, 0.29) is 17.4 Å². The summed E-state index contributed by atoms with van der Waals surface area (Å²) in [6.07, 6.45) is 1.28. The van der Waals surface area contributed by atoms with Crippen molar-refractivity contribution in [3.8, 4) is 0 Å². The van der Waals surface area contributed by atoms with E-state index < -0.39 is 11.0 Å². The summed E-state index contributed by atoms with van der Waals surface area (Å²) in [6.45, 7) is 0.857. The van der Waals surface area contributed by atoms with Crippen LogP contribution < -0.4 is 10.6 Å². The highest BCUT2D eigenvalue weighted by molar-refractivity contribution is 5.92. The molecule has 2 aromatic rings. The number of carbonyl (C=O) groups is 1. The van der Waals surface area contributed by atoms with E-state index in [0.29, 0.717) is 25.5 Å². The maximum atomic E-state index is 11.9. The SMILES string of the molecule is O=C(NCCC1=N[C@@H](Cc2ccccc2)CO1)Nc1ccccc1[N+](=O)[O-]. The molecular formula is C19H20N4O4. The number of nitrogens with zero attached hydrogens (tertiary/aromatic N) is 2. The third-order valence-corrected chi connectivity index (χ3v) is 4.06. The van der Waals surface area contributed by atoms with E-state index in [4.69, 9.17) is 4.74 Å². The smallest absolute Gasteiger partial charge is 0.319 e. The number of benzene rings is 2. The number of para-hydroxylation sites is 2. The van der Waals surface area contributed by atoms with Gasteiger partial charge in [-0.25, -0.2) is 9.79 Å². The van der Waals surface area contributed by atoms with Crippen molar-refractivity contribution >= 4 is 23.3 Å². The largest absolute Gasteiger partial charge is 0.479 e. The van der Waals surface area contributed by atoms with E-state index >= 15 is 0 Å². The molecule has 0 saturated heterocycles. The maximum Gasteiger partial charge on any atom is 0.319 e. The number of aliphatic imine (C=N–C) groups is 1. The topological polar surface area (TPSA) is 106 Å². The van der Waals surface area contributed by atoms with Gasteiger partial charge in [0.1, 0.15) is 12.3 Å². The van der Waals surface area contributed by atoms with Crippen molar-refractivity contribution in [2.75, 3.05) is 18.5 Å². The Balaban J connectivity index is 1.44. The molecule has 0 unspecified atom stereocenters. The molecule has 0 radical (unpaired) electrons. The van der Waals surface area contributed by atoms with Gasteiger partial charge in [0, 0.05) is 19.0 Å². The van der Waals surface area contributed by atoms with Crippen LogP contribution in [-0.2, 0) is 11.2 Å². The monoisotopic (exact) mass is 368 g/mol. The second kappa shape index (κ2) is 8.79. The van der Waals surface area contributed by atoms with Crippen LogP contribution in [0.25, 0.3) is 0 Å². The predicted molar refractivity (Wildman–Crippen MR) is 102 cm³/mol. The summed E-state index contributed by atoms with van der Waals surface area (Å²) in [5.41, 5.74) is 1.20. The van der Waals surface area contributed by atoms with Crippen molar-refractivity contribution in [1.29, 1.82) is 0 Å². The minimum absolute atomic E-state index is 0.0863. The highest BCUT2D eigenvalue weighted by atomic mass is 16.6. The third kappa shape index (κ3) is 5.27. The lowest BCUT2D eigenvalue weighted by Gasteiger charge is -2.07. The average molecular weight is 368 g/mol. The van der Waals surface area contributed by atoms with Gasteiger partial charge < -0.3 is 15.4 Å². The fraction of sp³-hybridized carbons (Fsp3) is 0.263. The number of nitrogens with one attached hydrogen (secondary N) is 2. The number of nitro groups is 1. The summed E-state index contributed by atoms with van der Waals surface area (Å²) >= 11 is 0. The fourth-order valence-electron chi connectivity index (χ4n) is 2.79. The van der Waals surface area contributed by atoms with E-state index in [1.165, 1.54) is 17.7 Å². The van der Waals surface area contributed by atoms with Gasteiger partial charge in [0.25, 0.3) is 5.69 Å². The molecule has 8 heteroatoms. The zero-order chi connectivity index (χ0) is 19.1. The van der Waals surface area contributed by atoms with E-state index in [2.05, 4.69) is 27.8 Å². The standard InChI is InChI=1S/C19H20N4O4/c24-19(22-16-8-4-5-9-17(16)23(25)26)20-11-10-18-21-15(13-27-18)12-14-6-2-1-3-7-14/h1-9,15H,10-13H2,(H2,20,22,24)/t15-/m0/s1. The number of carbonyl (C=O) groups excluding carboxylic acids is 1. The Kier molecular flexibility index (Phi) is 5.98. The Morgan fingerprint density at radius 2 is 1.93 bits per heavy atom. The van der Waals surface area contributed by atoms with E-state index in [1.807, 2.05) is 18.2 Å². The van der Waals surface area contributed by atoms with Crippen LogP contribution in [0.4, 0.5) is 16.2 Å². The number of hydrogen-bond acceptors (Lipinski definition) is 5. The number of ether oxygens (including phenoxy) is 1. The molecule has 1 aliphatic heterocycles. The lowest BCUT2D eigenvalue weighted by atomic mass is 10.1. The number of rotatable bonds is 7. The van der Waals surface area contributed by atoms with Crippen molar-refractivity contribution in [2.45, 2.75) is 18.9 Å². The highest BCUT2D eigenvalue weighted by Gasteiger charge is 2.19. The molecule has 0 aliphatic carbocycles. The van der Waals surface area contributed by atoms with Gasteiger partial charge in [-0.2, -0.15) is 0 Å². The zero-order valence-corrected chi connectivity index (χ0v) is 14.6. The Morgan fingerprint density at radius 3 is 2.70 bits per heavy atom. The average Bonchev–Trinajstić information content (AvgIpc) is 3.10. The fourth-order valence-corrected chi connectivity index (χ4v) is 2.79. The molecule has 0 saturated carbocycles. The second-order valence-corrected chi connectivity index (χ2v) is 6.08. The van der Waals surface area contributed by atoms with Crippen LogP contribution in [0.5, 0.6) is 0 Å². The molecule has 1 atom stereocenters. The van der Waals surface area contributed by atoms with Gasteiger partial charge >= 0.3 is 6.03 Å². The van der Waals surface area contributed by atoms with Gasteiger partial charge in [-0.3, -0.25) is 10.1 Å². The molecule has 0 fully saturated rings. The quantitative estimate of drug-likeness (QED) is 0.578. The van der Waals surface area contributed by atoms with Crippen LogP contribution in [0.15, 0.2) is 59.6 Å². The first-order valence-corrected chi connectivity index (χ1v) is 8.63. The highest BCUT2D eigenvalue weighted by Crippen LogP contribution is 2.22. The number of amides is 2. The second-order valence-electron chi connectivity index (χ2n) is 6.08. The van der Waals surface area contributed by atoms with Crippen LogP contribution in [0.3, 0.4) is 0 Å². The first-order valence-electron chi connectivity index (χ1n) is 8.63. The Bertz CT molecular complexity index is 839. The molecule has 2 aromatic carbocycles. The molecule has 0 spiro atoms. The summed E-state index contributed by atoms with van der Waals surface area (Å²) < 4.78 is 5.58. The Labute approximate surface area is 156 Å². The number of urea groups is 1. The van der Waals surface area contributed by atoms with Crippen LogP contribution in [0, 0.1) is 10.1 Å². The van der Waals surface area contributed by atoms with Crippen molar-refractivity contribution in [1.82, 2.24) is 5.32 Å². The van der Waals surface area contributed by atoms with Gasteiger partial charge in [0.2, 0.25) is 0 Å². The molecule has 1 heterocycles. The minimum Gasteiger partial charge on any atom is -0.479 e. The Hall–Kier alpha value is -3.42. The number of anilines is 1. The predicted octanol–water partition coefficient (Wildman–Crippen LogP) is 3.15. The molecule has 140 valence electrons. The lowest BCUT2D eigenvalue weighted by molar-refractivity contribution is -0.383. The first-order chi connectivity index (χ1) is 13.1. The van der Waals surface area contributed by atoms with Crippen LogP contribution in [0.2, 0.25) is 0 Å².